The topological polar surface area (TPSA) is 76.1 Å². The van der Waals surface area contributed by atoms with Crippen molar-refractivity contribution in [3.05, 3.63) is 60.7 Å². The van der Waals surface area contributed by atoms with E-state index >= 15 is 0 Å². The van der Waals surface area contributed by atoms with Crippen molar-refractivity contribution >= 4 is 28.8 Å². The number of anilines is 2. The molecule has 1 atom stereocenters. The van der Waals surface area contributed by atoms with E-state index in [1.807, 2.05) is 11.8 Å². The number of phenolic OH excluding ortho intramolecular Hbond substituents is 1. The highest BCUT2D eigenvalue weighted by molar-refractivity contribution is 5.93. The Balaban J connectivity index is 1.22. The molecule has 2 aliphatic rings. The molecule has 7 nitrogen and oxygen atoms in total. The van der Waals surface area contributed by atoms with E-state index < -0.39 is 0 Å². The van der Waals surface area contributed by atoms with Gasteiger partial charge >= 0.3 is 0 Å². The number of amides is 2. The summed E-state index contributed by atoms with van der Waals surface area (Å²) in [4.78, 5) is 31.7. The number of nitrogens with zero attached hydrogens (tertiary/aromatic N) is 3. The number of benzene rings is 2. The second-order valence-electron chi connectivity index (χ2n) is 8.95. The van der Waals surface area contributed by atoms with E-state index in [-0.39, 0.29) is 23.5 Å². The third-order valence-electron chi connectivity index (χ3n) is 6.49. The highest BCUT2D eigenvalue weighted by atomic mass is 16.3. The van der Waals surface area contributed by atoms with Crippen LogP contribution in [0.1, 0.15) is 18.9 Å². The highest BCUT2D eigenvalue weighted by Gasteiger charge is 2.31. The molecule has 2 amide bonds. The van der Waals surface area contributed by atoms with Gasteiger partial charge in [-0.25, -0.2) is 0 Å². The quantitative estimate of drug-likeness (QED) is 0.665. The van der Waals surface area contributed by atoms with Crippen LogP contribution in [-0.2, 0) is 9.59 Å². The van der Waals surface area contributed by atoms with Gasteiger partial charge in [-0.1, -0.05) is 24.3 Å². The van der Waals surface area contributed by atoms with Crippen LogP contribution >= 0.6 is 0 Å². The molecule has 0 spiro atoms. The van der Waals surface area contributed by atoms with Gasteiger partial charge in [0.05, 0.1) is 12.5 Å². The lowest BCUT2D eigenvalue weighted by Gasteiger charge is -2.36. The first-order chi connectivity index (χ1) is 15.9. The molecule has 0 aliphatic carbocycles. The van der Waals surface area contributed by atoms with Gasteiger partial charge in [0, 0.05) is 44.1 Å². The molecule has 0 saturated carbocycles. The SMILES string of the molecule is C=C(C)c1ccc(N2CCN(C(=O)CN3CC[C@@H](C(=O)Nc4ccc(O)cc4)C3)CC2)cc1. The van der Waals surface area contributed by atoms with E-state index in [0.717, 1.165) is 37.2 Å². The second-order valence-corrected chi connectivity index (χ2v) is 8.95. The average molecular weight is 449 g/mol. The smallest absolute Gasteiger partial charge is 0.236 e. The standard InChI is InChI=1S/C26H32N4O3/c1-19(2)20-3-7-23(8-4-20)29-13-15-30(16-14-29)25(32)18-28-12-11-21(17-28)26(33)27-22-5-9-24(31)10-6-22/h3-10,21,31H,1,11-18H2,2H3,(H,27,33)/t21-/m1/s1. The van der Waals surface area contributed by atoms with Crippen LogP contribution in [0.2, 0.25) is 0 Å². The van der Waals surface area contributed by atoms with Gasteiger partial charge in [0.2, 0.25) is 11.8 Å². The summed E-state index contributed by atoms with van der Waals surface area (Å²) in [5.41, 5.74) is 4.04. The summed E-state index contributed by atoms with van der Waals surface area (Å²) in [7, 11) is 0. The highest BCUT2D eigenvalue weighted by Crippen LogP contribution is 2.22. The number of carbonyl (C=O) groups excluding carboxylic acids is 2. The Hall–Kier alpha value is -3.32. The molecule has 0 aromatic heterocycles. The van der Waals surface area contributed by atoms with Crippen LogP contribution in [0.4, 0.5) is 11.4 Å². The summed E-state index contributed by atoms with van der Waals surface area (Å²) in [6.07, 6.45) is 0.741. The number of aromatic hydroxyl groups is 1. The lowest BCUT2D eigenvalue weighted by atomic mass is 10.1. The monoisotopic (exact) mass is 448 g/mol. The largest absolute Gasteiger partial charge is 0.508 e. The summed E-state index contributed by atoms with van der Waals surface area (Å²) < 4.78 is 0. The second kappa shape index (κ2) is 10.1. The van der Waals surface area contributed by atoms with Gasteiger partial charge in [-0.05, 0) is 61.9 Å². The molecule has 2 N–H and O–H groups in total. The number of hydrogen-bond donors (Lipinski definition) is 2. The minimum atomic E-state index is -0.134. The molecule has 2 aromatic carbocycles. The maximum absolute atomic E-state index is 12.8. The zero-order valence-electron chi connectivity index (χ0n) is 19.2. The van der Waals surface area contributed by atoms with Crippen molar-refractivity contribution in [3.63, 3.8) is 0 Å². The van der Waals surface area contributed by atoms with Crippen LogP contribution in [0.25, 0.3) is 5.57 Å². The fourth-order valence-corrected chi connectivity index (χ4v) is 4.44. The first kappa shape index (κ1) is 22.9. The van der Waals surface area contributed by atoms with Crippen molar-refractivity contribution in [3.8, 4) is 5.75 Å². The van der Waals surface area contributed by atoms with Gasteiger partial charge < -0.3 is 20.2 Å². The van der Waals surface area contributed by atoms with Crippen molar-refractivity contribution in [1.82, 2.24) is 9.80 Å². The molecule has 2 fully saturated rings. The molecule has 2 aliphatic heterocycles. The normalized spacial score (nSPS) is 18.9. The molecule has 0 bridgehead atoms. The molecule has 2 aromatic rings. The molecule has 33 heavy (non-hydrogen) atoms. The first-order valence-corrected chi connectivity index (χ1v) is 11.5. The van der Waals surface area contributed by atoms with Gasteiger partial charge in [-0.15, -0.1) is 0 Å². The third-order valence-corrected chi connectivity index (χ3v) is 6.49. The first-order valence-electron chi connectivity index (χ1n) is 11.5. The van der Waals surface area contributed by atoms with Crippen LogP contribution in [0.15, 0.2) is 55.1 Å². The van der Waals surface area contributed by atoms with Crippen LogP contribution < -0.4 is 10.2 Å². The Morgan fingerprint density at radius 1 is 1.00 bits per heavy atom. The summed E-state index contributed by atoms with van der Waals surface area (Å²) in [5, 5.41) is 12.3. The van der Waals surface area contributed by atoms with Crippen molar-refractivity contribution in [2.45, 2.75) is 13.3 Å². The van der Waals surface area contributed by atoms with Crippen LogP contribution in [0.3, 0.4) is 0 Å². The molecule has 2 saturated heterocycles. The molecule has 2 heterocycles. The van der Waals surface area contributed by atoms with E-state index in [1.165, 1.54) is 5.69 Å². The lowest BCUT2D eigenvalue weighted by Crippen LogP contribution is -2.51. The number of allylic oxidation sites excluding steroid dienone is 1. The number of nitrogens with one attached hydrogen (secondary N) is 1. The molecule has 7 heteroatoms. The number of carbonyl (C=O) groups is 2. The number of phenols is 1. The predicted molar refractivity (Wildman–Crippen MR) is 131 cm³/mol. The zero-order chi connectivity index (χ0) is 23.4. The fourth-order valence-electron chi connectivity index (χ4n) is 4.44. The molecular weight excluding hydrogens is 416 g/mol. The number of hydrogen-bond acceptors (Lipinski definition) is 5. The summed E-state index contributed by atoms with van der Waals surface area (Å²) in [5.74, 6) is 0.125. The Bertz CT molecular complexity index is 995. The van der Waals surface area contributed by atoms with E-state index in [9.17, 15) is 14.7 Å². The molecule has 4 rings (SSSR count). The average Bonchev–Trinajstić information content (AvgIpc) is 3.29. The molecule has 0 radical (unpaired) electrons. The van der Waals surface area contributed by atoms with Crippen LogP contribution in [-0.4, -0.2) is 72.5 Å². The Morgan fingerprint density at radius 2 is 1.67 bits per heavy atom. The van der Waals surface area contributed by atoms with E-state index in [1.54, 1.807) is 24.3 Å². The maximum Gasteiger partial charge on any atom is 0.236 e. The van der Waals surface area contributed by atoms with E-state index in [2.05, 4.69) is 46.0 Å². The lowest BCUT2D eigenvalue weighted by molar-refractivity contribution is -0.132. The van der Waals surface area contributed by atoms with Crippen molar-refractivity contribution < 1.29 is 14.7 Å². The van der Waals surface area contributed by atoms with Crippen molar-refractivity contribution in [1.29, 1.82) is 0 Å². The summed E-state index contributed by atoms with van der Waals surface area (Å²) in [6, 6.07) is 14.9. The van der Waals surface area contributed by atoms with Gasteiger partial charge in [0.25, 0.3) is 0 Å². The molecule has 0 unspecified atom stereocenters. The van der Waals surface area contributed by atoms with Gasteiger partial charge in [0.15, 0.2) is 0 Å². The zero-order valence-corrected chi connectivity index (χ0v) is 19.2. The Morgan fingerprint density at radius 3 is 2.30 bits per heavy atom. The minimum absolute atomic E-state index is 0.0399. The van der Waals surface area contributed by atoms with Gasteiger partial charge in [0.1, 0.15) is 5.75 Å². The Kier molecular flexibility index (Phi) is 6.99. The maximum atomic E-state index is 12.8. The Labute approximate surface area is 195 Å². The van der Waals surface area contributed by atoms with E-state index in [4.69, 9.17) is 0 Å². The summed E-state index contributed by atoms with van der Waals surface area (Å²) >= 11 is 0. The fraction of sp³-hybridized carbons (Fsp3) is 0.385. The predicted octanol–water partition coefficient (Wildman–Crippen LogP) is 3.03. The minimum Gasteiger partial charge on any atom is -0.508 e. The number of piperazine rings is 1. The molecular formula is C26H32N4O3. The number of rotatable bonds is 6. The van der Waals surface area contributed by atoms with Gasteiger partial charge in [-0.2, -0.15) is 0 Å². The van der Waals surface area contributed by atoms with Crippen LogP contribution in [0, 0.1) is 5.92 Å². The molecule has 174 valence electrons. The third kappa shape index (κ3) is 5.73. The number of likely N-dealkylation sites (tertiary alicyclic amines) is 1. The van der Waals surface area contributed by atoms with Crippen LogP contribution in [0.5, 0.6) is 5.75 Å². The van der Waals surface area contributed by atoms with Crippen molar-refractivity contribution in [2.75, 3.05) is 56.0 Å². The van der Waals surface area contributed by atoms with Gasteiger partial charge in [-0.3, -0.25) is 14.5 Å². The van der Waals surface area contributed by atoms with Crippen molar-refractivity contribution in [2.24, 2.45) is 5.92 Å². The summed E-state index contributed by atoms with van der Waals surface area (Å²) in [6.45, 7) is 10.7. The van der Waals surface area contributed by atoms with E-state index in [0.29, 0.717) is 31.9 Å².